The molecule has 0 aliphatic rings. The molecule has 1 N–H and O–H groups in total. The van der Waals surface area contributed by atoms with Gasteiger partial charge in [-0.25, -0.2) is 4.98 Å². The van der Waals surface area contributed by atoms with Gasteiger partial charge in [-0.15, -0.1) is 5.10 Å². The Morgan fingerprint density at radius 1 is 1.10 bits per heavy atom. The predicted octanol–water partition coefficient (Wildman–Crippen LogP) is 2.89. The van der Waals surface area contributed by atoms with Crippen LogP contribution in [0.4, 0.5) is 0 Å². The van der Waals surface area contributed by atoms with E-state index in [4.69, 9.17) is 5.21 Å². The largest absolute Gasteiger partial charge is 0.411 e. The fourth-order valence-corrected chi connectivity index (χ4v) is 2.06. The van der Waals surface area contributed by atoms with Crippen molar-refractivity contribution >= 4 is 16.5 Å². The van der Waals surface area contributed by atoms with Gasteiger partial charge in [0, 0.05) is 5.56 Å². The zero-order valence-electron chi connectivity index (χ0n) is 10.9. The Morgan fingerprint density at radius 3 is 2.75 bits per heavy atom. The normalized spacial score (nSPS) is 11.8. The number of benzene rings is 2. The number of hydrogen-bond donors (Lipinski definition) is 1. The molecule has 20 heavy (non-hydrogen) atoms. The highest BCUT2D eigenvalue weighted by Gasteiger charge is 2.09. The molecule has 0 saturated heterocycles. The third kappa shape index (κ3) is 2.09. The van der Waals surface area contributed by atoms with E-state index in [2.05, 4.69) is 20.3 Å². The fraction of sp³-hybridized carbons (Fsp3) is 0.0667. The molecule has 5 heteroatoms. The molecule has 3 rings (SSSR count). The molecule has 0 unspecified atom stereocenters. The minimum Gasteiger partial charge on any atom is -0.411 e. The van der Waals surface area contributed by atoms with Crippen LogP contribution in [0.1, 0.15) is 12.6 Å². The summed E-state index contributed by atoms with van der Waals surface area (Å²) in [5.74, 6) is 0.516. The molecule has 0 aliphatic heterocycles. The molecule has 0 atom stereocenters. The summed E-state index contributed by atoms with van der Waals surface area (Å²) in [5, 5.41) is 22.2. The molecule has 0 aliphatic carbocycles. The van der Waals surface area contributed by atoms with E-state index in [9.17, 15) is 0 Å². The lowest BCUT2D eigenvalue weighted by molar-refractivity contribution is 0.319. The first kappa shape index (κ1) is 12.2. The summed E-state index contributed by atoms with van der Waals surface area (Å²) in [6, 6.07) is 14.0. The highest BCUT2D eigenvalue weighted by Crippen LogP contribution is 2.25. The monoisotopic (exact) mass is 264 g/mol. The van der Waals surface area contributed by atoms with Crippen LogP contribution in [-0.2, 0) is 0 Å². The van der Waals surface area contributed by atoms with Gasteiger partial charge in [0.1, 0.15) is 11.4 Å². The molecule has 3 aromatic rings. The molecule has 0 spiro atoms. The zero-order chi connectivity index (χ0) is 13.9. The Bertz CT molecular complexity index is 793. The topological polar surface area (TPSA) is 71.3 Å². The third-order valence-corrected chi connectivity index (χ3v) is 3.11. The van der Waals surface area contributed by atoms with Crippen molar-refractivity contribution in [3.63, 3.8) is 0 Å². The smallest absolute Gasteiger partial charge is 0.182 e. The van der Waals surface area contributed by atoms with Gasteiger partial charge in [0.05, 0.1) is 6.20 Å². The van der Waals surface area contributed by atoms with E-state index in [0.717, 1.165) is 16.3 Å². The molecule has 0 radical (unpaired) electrons. The SMILES string of the molecule is CC(=NO)c1cnnc(-c2cccc3ccccc23)n1. The molecule has 1 heterocycles. The van der Waals surface area contributed by atoms with Crippen molar-refractivity contribution in [2.45, 2.75) is 6.92 Å². The van der Waals surface area contributed by atoms with Gasteiger partial charge in [0.2, 0.25) is 0 Å². The summed E-state index contributed by atoms with van der Waals surface area (Å²) in [7, 11) is 0. The summed E-state index contributed by atoms with van der Waals surface area (Å²) >= 11 is 0. The second kappa shape index (κ2) is 5.05. The van der Waals surface area contributed by atoms with Crippen LogP contribution in [0, 0.1) is 0 Å². The zero-order valence-corrected chi connectivity index (χ0v) is 10.9. The highest BCUT2D eigenvalue weighted by atomic mass is 16.4. The van der Waals surface area contributed by atoms with Gasteiger partial charge in [-0.3, -0.25) is 0 Å². The maximum atomic E-state index is 8.82. The van der Waals surface area contributed by atoms with E-state index in [1.54, 1.807) is 6.92 Å². The van der Waals surface area contributed by atoms with Crippen LogP contribution in [0.5, 0.6) is 0 Å². The van der Waals surface area contributed by atoms with Crippen molar-refractivity contribution in [1.29, 1.82) is 0 Å². The average Bonchev–Trinajstić information content (AvgIpc) is 2.53. The van der Waals surface area contributed by atoms with Crippen molar-refractivity contribution in [2.24, 2.45) is 5.16 Å². The molecule has 1 aromatic heterocycles. The molecule has 0 amide bonds. The number of hydrogen-bond acceptors (Lipinski definition) is 5. The summed E-state index contributed by atoms with van der Waals surface area (Å²) in [5.41, 5.74) is 1.81. The quantitative estimate of drug-likeness (QED) is 0.439. The molecular weight excluding hydrogens is 252 g/mol. The second-order valence-electron chi connectivity index (χ2n) is 4.38. The Balaban J connectivity index is 2.21. The second-order valence-corrected chi connectivity index (χ2v) is 4.38. The molecule has 98 valence electrons. The lowest BCUT2D eigenvalue weighted by Crippen LogP contribution is -2.03. The van der Waals surface area contributed by atoms with Gasteiger partial charge in [-0.1, -0.05) is 47.6 Å². The Labute approximate surface area is 115 Å². The Morgan fingerprint density at radius 2 is 1.90 bits per heavy atom. The summed E-state index contributed by atoms with van der Waals surface area (Å²) < 4.78 is 0. The van der Waals surface area contributed by atoms with Crippen molar-refractivity contribution in [2.75, 3.05) is 0 Å². The van der Waals surface area contributed by atoms with Crippen molar-refractivity contribution < 1.29 is 5.21 Å². The minimum atomic E-state index is 0.404. The van der Waals surface area contributed by atoms with E-state index < -0.39 is 0 Å². The van der Waals surface area contributed by atoms with Gasteiger partial charge in [0.15, 0.2) is 5.82 Å². The van der Waals surface area contributed by atoms with Gasteiger partial charge in [0.25, 0.3) is 0 Å². The lowest BCUT2D eigenvalue weighted by atomic mass is 10.0. The predicted molar refractivity (Wildman–Crippen MR) is 76.8 cm³/mol. The van der Waals surface area contributed by atoms with E-state index >= 15 is 0 Å². The van der Waals surface area contributed by atoms with Crippen molar-refractivity contribution in [1.82, 2.24) is 15.2 Å². The molecule has 5 nitrogen and oxygen atoms in total. The molecule has 0 saturated carbocycles. The molecular formula is C15H12N4O. The van der Waals surface area contributed by atoms with Crippen LogP contribution in [0.3, 0.4) is 0 Å². The van der Waals surface area contributed by atoms with Crippen LogP contribution >= 0.6 is 0 Å². The minimum absolute atomic E-state index is 0.404. The van der Waals surface area contributed by atoms with Gasteiger partial charge in [-0.2, -0.15) is 5.10 Å². The lowest BCUT2D eigenvalue weighted by Gasteiger charge is -2.05. The van der Waals surface area contributed by atoms with Crippen LogP contribution < -0.4 is 0 Å². The number of nitrogens with zero attached hydrogens (tertiary/aromatic N) is 4. The Hall–Kier alpha value is -2.82. The van der Waals surface area contributed by atoms with E-state index in [0.29, 0.717) is 17.2 Å². The van der Waals surface area contributed by atoms with Crippen LogP contribution in [0.15, 0.2) is 53.8 Å². The van der Waals surface area contributed by atoms with Crippen LogP contribution in [0.2, 0.25) is 0 Å². The van der Waals surface area contributed by atoms with Crippen LogP contribution in [0.25, 0.3) is 22.2 Å². The Kier molecular flexibility index (Phi) is 3.09. The summed E-state index contributed by atoms with van der Waals surface area (Å²) in [6.07, 6.45) is 1.48. The molecule has 2 aromatic carbocycles. The van der Waals surface area contributed by atoms with Crippen molar-refractivity contribution in [3.05, 3.63) is 54.4 Å². The van der Waals surface area contributed by atoms with Gasteiger partial charge in [-0.05, 0) is 17.7 Å². The average molecular weight is 264 g/mol. The maximum Gasteiger partial charge on any atom is 0.182 e. The summed E-state index contributed by atoms with van der Waals surface area (Å²) in [4.78, 5) is 4.40. The third-order valence-electron chi connectivity index (χ3n) is 3.11. The van der Waals surface area contributed by atoms with Gasteiger partial charge >= 0.3 is 0 Å². The standard InChI is InChI=1S/C15H12N4O/c1-10(19-20)14-9-16-18-15(17-14)13-8-4-6-11-5-2-3-7-12(11)13/h2-9,20H,1H3. The van der Waals surface area contributed by atoms with E-state index in [1.807, 2.05) is 42.5 Å². The number of oxime groups is 1. The molecule has 0 bridgehead atoms. The van der Waals surface area contributed by atoms with Crippen LogP contribution in [-0.4, -0.2) is 26.1 Å². The number of rotatable bonds is 2. The first-order valence-electron chi connectivity index (χ1n) is 6.16. The highest BCUT2D eigenvalue weighted by molar-refractivity contribution is 5.98. The number of fused-ring (bicyclic) bond motifs is 1. The number of aromatic nitrogens is 3. The first-order valence-corrected chi connectivity index (χ1v) is 6.16. The van der Waals surface area contributed by atoms with E-state index in [-0.39, 0.29) is 0 Å². The summed E-state index contributed by atoms with van der Waals surface area (Å²) in [6.45, 7) is 1.66. The fourth-order valence-electron chi connectivity index (χ4n) is 2.06. The van der Waals surface area contributed by atoms with E-state index in [1.165, 1.54) is 6.20 Å². The van der Waals surface area contributed by atoms with Crippen molar-refractivity contribution in [3.8, 4) is 11.4 Å². The van der Waals surface area contributed by atoms with Gasteiger partial charge < -0.3 is 5.21 Å². The molecule has 0 fully saturated rings. The maximum absolute atomic E-state index is 8.82. The first-order chi connectivity index (χ1) is 9.79.